The first-order chi connectivity index (χ1) is 26.8. The molecule has 5 aromatic heterocycles. The van der Waals surface area contributed by atoms with Crippen molar-refractivity contribution in [1.82, 2.24) is 43.6 Å². The summed E-state index contributed by atoms with van der Waals surface area (Å²) in [6.07, 6.45) is 3.38. The summed E-state index contributed by atoms with van der Waals surface area (Å²) >= 11 is 1.20. The molecule has 0 saturated carbocycles. The number of nitrogens with zero attached hydrogens (tertiary/aromatic N) is 9. The van der Waals surface area contributed by atoms with Crippen LogP contribution >= 0.6 is 11.3 Å². The second kappa shape index (κ2) is 16.8. The van der Waals surface area contributed by atoms with Gasteiger partial charge in [-0.2, -0.15) is 10.2 Å². The molecule has 1 unspecified atom stereocenters. The van der Waals surface area contributed by atoms with Gasteiger partial charge >= 0.3 is 0 Å². The van der Waals surface area contributed by atoms with Gasteiger partial charge in [0.05, 0.1) is 34.1 Å². The molecule has 7 N–H and O–H groups in total. The highest BCUT2D eigenvalue weighted by molar-refractivity contribution is 7.20. The zero-order valence-corrected chi connectivity index (χ0v) is 33.1. The minimum absolute atomic E-state index is 0.215. The van der Waals surface area contributed by atoms with Crippen molar-refractivity contribution in [2.24, 2.45) is 11.5 Å². The normalized spacial score (nSPS) is 12.4. The van der Waals surface area contributed by atoms with Crippen LogP contribution in [0, 0.1) is 13.8 Å². The van der Waals surface area contributed by atoms with Crippen molar-refractivity contribution in [3.8, 4) is 5.75 Å². The number of primary amides is 2. The second-order valence-corrected chi connectivity index (χ2v) is 14.5. The molecule has 3 amide bonds. The molecule has 296 valence electrons. The van der Waals surface area contributed by atoms with E-state index in [1.54, 1.807) is 44.3 Å². The largest absolute Gasteiger partial charge is 0.491 e. The maximum Gasteiger partial charge on any atom is 0.276 e. The van der Waals surface area contributed by atoms with E-state index in [9.17, 15) is 19.5 Å². The highest BCUT2D eigenvalue weighted by Gasteiger charge is 2.23. The number of thiophene rings is 1. The summed E-state index contributed by atoms with van der Waals surface area (Å²) in [5.74, 6) is -0.632. The highest BCUT2D eigenvalue weighted by Crippen LogP contribution is 2.33. The van der Waals surface area contributed by atoms with Gasteiger partial charge in [-0.1, -0.05) is 12.2 Å². The highest BCUT2D eigenvalue weighted by atomic mass is 32.1. The number of nitrogens with one attached hydrogen (secondary N) is 2. The number of amides is 3. The lowest BCUT2D eigenvalue weighted by Gasteiger charge is -2.16. The van der Waals surface area contributed by atoms with Crippen LogP contribution in [0.15, 0.2) is 42.5 Å². The van der Waals surface area contributed by atoms with Crippen LogP contribution in [0.2, 0.25) is 0 Å². The lowest BCUT2D eigenvalue weighted by molar-refractivity contribution is 0.0993. The van der Waals surface area contributed by atoms with Crippen molar-refractivity contribution in [2.75, 3.05) is 37.9 Å². The molecule has 6 rings (SSSR count). The van der Waals surface area contributed by atoms with Crippen molar-refractivity contribution < 1.29 is 24.2 Å². The van der Waals surface area contributed by atoms with Gasteiger partial charge in [-0.25, -0.2) is 9.97 Å². The average molecular weight is 786 g/mol. The van der Waals surface area contributed by atoms with Gasteiger partial charge in [0.25, 0.3) is 11.8 Å². The summed E-state index contributed by atoms with van der Waals surface area (Å²) in [5.41, 5.74) is 15.4. The number of aromatic nitrogens is 8. The predicted octanol–water partition coefficient (Wildman–Crippen LogP) is 3.64. The number of nitrogens with two attached hydrogens (primary N) is 2. The molecule has 0 fully saturated rings. The third kappa shape index (κ3) is 8.43. The van der Waals surface area contributed by atoms with Crippen LogP contribution in [0.25, 0.3) is 21.4 Å². The average Bonchev–Trinajstić information content (AvgIpc) is 3.96. The van der Waals surface area contributed by atoms with E-state index in [0.29, 0.717) is 74.7 Å². The van der Waals surface area contributed by atoms with Crippen LogP contribution in [-0.4, -0.2) is 93.6 Å². The molecule has 0 aliphatic heterocycles. The SMILES string of the molecule is CCn1nc(C)cc1C(=O)Nc1nc2cc(C(N)=O)cc(OCCCN(C)C)c2n1C/C=C/Cn1c(NC(O)c2cc(C)nn2CC)nc2cc(C(N)=O)sc21. The summed E-state index contributed by atoms with van der Waals surface area (Å²) in [6, 6.07) is 8.30. The number of aryl methyl sites for hydroxylation is 4. The summed E-state index contributed by atoms with van der Waals surface area (Å²) in [5, 5.41) is 26.1. The van der Waals surface area contributed by atoms with Crippen LogP contribution in [-0.2, 0) is 26.2 Å². The topological polar surface area (TPSA) is 231 Å². The van der Waals surface area contributed by atoms with Crippen LogP contribution in [0.1, 0.15) is 74.1 Å². The Bertz CT molecular complexity index is 2430. The standard InChI is InChI=1S/C37H47N13O5S/c1-7-49-26(16-21(3)44-49)33(53)42-36-40-24-18-23(31(38)51)19-28(55-15-11-12-46(5)6)30(24)47(36)13-9-10-14-48-35-25(20-29(56-35)32(39)52)41-37(48)43-34(54)27-17-22(4)45-50(27)8-2/h9-10,16-20,34,54H,7-8,11-15H2,1-6H3,(H2,38,51)(H2,39,52)(H,41,43)(H,40,42,53)/b10-9+. The first-order valence-corrected chi connectivity index (χ1v) is 19.0. The van der Waals surface area contributed by atoms with Crippen molar-refractivity contribution in [3.05, 3.63) is 75.7 Å². The van der Waals surface area contributed by atoms with E-state index < -0.39 is 23.9 Å². The molecule has 1 atom stereocenters. The van der Waals surface area contributed by atoms with E-state index in [1.807, 2.05) is 63.4 Å². The molecule has 18 nitrogen and oxygen atoms in total. The number of aliphatic hydroxyl groups excluding tert-OH is 1. The number of carbonyl (C=O) groups excluding carboxylic acids is 3. The van der Waals surface area contributed by atoms with E-state index in [1.165, 1.54) is 11.3 Å². The Balaban J connectivity index is 1.36. The van der Waals surface area contributed by atoms with Crippen LogP contribution in [0.3, 0.4) is 0 Å². The maximum absolute atomic E-state index is 13.7. The Hall–Kier alpha value is -6.05. The lowest BCUT2D eigenvalue weighted by atomic mass is 10.1. The number of benzene rings is 1. The van der Waals surface area contributed by atoms with Gasteiger partial charge < -0.3 is 36.1 Å². The third-order valence-corrected chi connectivity index (χ3v) is 10.1. The molecule has 1 aromatic carbocycles. The van der Waals surface area contributed by atoms with Crippen LogP contribution in [0.4, 0.5) is 11.9 Å². The van der Waals surface area contributed by atoms with Gasteiger partial charge in [-0.05, 0) is 78.5 Å². The number of hydrogen-bond donors (Lipinski definition) is 5. The number of ether oxygens (including phenoxy) is 1. The molecule has 19 heteroatoms. The first-order valence-electron chi connectivity index (χ1n) is 18.2. The van der Waals surface area contributed by atoms with Gasteiger partial charge in [-0.15, -0.1) is 11.3 Å². The van der Waals surface area contributed by atoms with Gasteiger partial charge in [0.15, 0.2) is 6.23 Å². The molecule has 6 aromatic rings. The second-order valence-electron chi connectivity index (χ2n) is 13.5. The number of hydrogen-bond acceptors (Lipinski definition) is 12. The minimum atomic E-state index is -1.12. The van der Waals surface area contributed by atoms with E-state index in [-0.39, 0.29) is 24.6 Å². The molecular weight excluding hydrogens is 739 g/mol. The summed E-state index contributed by atoms with van der Waals surface area (Å²) in [4.78, 5) is 50.6. The first kappa shape index (κ1) is 39.6. The van der Waals surface area contributed by atoms with Gasteiger partial charge in [-0.3, -0.25) is 33.6 Å². The summed E-state index contributed by atoms with van der Waals surface area (Å²) in [6.45, 7) is 10.2. The Morgan fingerprint density at radius 1 is 0.911 bits per heavy atom. The van der Waals surface area contributed by atoms with Crippen LogP contribution in [0.5, 0.6) is 5.75 Å². The molecular formula is C37H47N13O5S. The Kier molecular flexibility index (Phi) is 11.9. The fraction of sp³-hybridized carbons (Fsp3) is 0.378. The molecule has 56 heavy (non-hydrogen) atoms. The number of imidazole rings is 2. The van der Waals surface area contributed by atoms with Crippen molar-refractivity contribution >= 4 is 62.3 Å². The quantitative estimate of drug-likeness (QED) is 0.0480. The molecule has 5 heterocycles. The maximum atomic E-state index is 13.7. The molecule has 0 spiro atoms. The molecule has 0 aliphatic carbocycles. The minimum Gasteiger partial charge on any atom is -0.491 e. The number of anilines is 2. The molecule has 0 radical (unpaired) electrons. The van der Waals surface area contributed by atoms with E-state index in [0.717, 1.165) is 18.7 Å². The van der Waals surface area contributed by atoms with Crippen LogP contribution < -0.4 is 26.8 Å². The predicted molar refractivity (Wildman–Crippen MR) is 214 cm³/mol. The lowest BCUT2D eigenvalue weighted by Crippen LogP contribution is -2.20. The zero-order valence-electron chi connectivity index (χ0n) is 32.2. The molecule has 0 saturated heterocycles. The number of allylic oxidation sites excluding steroid dienone is 2. The molecule has 0 aliphatic rings. The van der Waals surface area contributed by atoms with Gasteiger partial charge in [0.1, 0.15) is 27.3 Å². The number of fused-ring (bicyclic) bond motifs is 2. The van der Waals surface area contributed by atoms with Crippen molar-refractivity contribution in [1.29, 1.82) is 0 Å². The zero-order chi connectivity index (χ0) is 40.3. The van der Waals surface area contributed by atoms with Crippen molar-refractivity contribution in [3.63, 3.8) is 0 Å². The monoisotopic (exact) mass is 785 g/mol. The smallest absolute Gasteiger partial charge is 0.276 e. The Morgan fingerprint density at radius 2 is 1.59 bits per heavy atom. The van der Waals surface area contributed by atoms with Gasteiger partial charge in [0, 0.05) is 38.3 Å². The van der Waals surface area contributed by atoms with E-state index >= 15 is 0 Å². The van der Waals surface area contributed by atoms with Crippen molar-refractivity contribution in [2.45, 2.75) is 66.5 Å². The number of carbonyl (C=O) groups is 3. The third-order valence-electron chi connectivity index (χ3n) is 8.94. The Labute approximate surface area is 326 Å². The Morgan fingerprint density at radius 3 is 2.27 bits per heavy atom. The number of aliphatic hydroxyl groups is 1. The fourth-order valence-corrected chi connectivity index (χ4v) is 7.33. The fourth-order valence-electron chi connectivity index (χ4n) is 6.37. The summed E-state index contributed by atoms with van der Waals surface area (Å²) < 4.78 is 13.2. The van der Waals surface area contributed by atoms with Gasteiger partial charge in [0.2, 0.25) is 17.8 Å². The summed E-state index contributed by atoms with van der Waals surface area (Å²) in [7, 11) is 3.95. The van der Waals surface area contributed by atoms with E-state index in [4.69, 9.17) is 21.2 Å². The van der Waals surface area contributed by atoms with E-state index in [2.05, 4.69) is 25.8 Å². The molecule has 0 bridgehead atoms. The number of rotatable bonds is 18.